The molecule has 0 amide bonds. The Hall–Kier alpha value is -4.10. The fourth-order valence-electron chi connectivity index (χ4n) is 5.93. The summed E-state index contributed by atoms with van der Waals surface area (Å²) in [7, 11) is 1.95. The van der Waals surface area contributed by atoms with E-state index in [0.29, 0.717) is 0 Å². The van der Waals surface area contributed by atoms with Crippen molar-refractivity contribution in [3.05, 3.63) is 90.7 Å². The van der Waals surface area contributed by atoms with Crippen molar-refractivity contribution in [3.63, 3.8) is 0 Å². The quantitative estimate of drug-likeness (QED) is 0.357. The summed E-state index contributed by atoms with van der Waals surface area (Å²) in [4.78, 5) is 9.71. The predicted molar refractivity (Wildman–Crippen MR) is 146 cm³/mol. The average molecular weight is 488 g/mol. The van der Waals surface area contributed by atoms with E-state index in [1.165, 1.54) is 18.4 Å². The molecule has 1 fully saturated rings. The maximum absolute atomic E-state index is 6.76. The molecule has 2 N–H and O–H groups in total. The summed E-state index contributed by atoms with van der Waals surface area (Å²) >= 11 is 0. The minimum atomic E-state index is -0.162. The van der Waals surface area contributed by atoms with Gasteiger partial charge in [0.25, 0.3) is 0 Å². The Labute approximate surface area is 215 Å². The maximum atomic E-state index is 6.76. The van der Waals surface area contributed by atoms with E-state index in [1.54, 1.807) is 6.33 Å². The zero-order chi connectivity index (χ0) is 25.0. The highest BCUT2D eigenvalue weighted by molar-refractivity contribution is 5.95. The third kappa shape index (κ3) is 3.69. The van der Waals surface area contributed by atoms with Gasteiger partial charge in [0.1, 0.15) is 5.69 Å². The highest BCUT2D eigenvalue weighted by Crippen LogP contribution is 2.40. The molecule has 0 saturated heterocycles. The highest BCUT2D eigenvalue weighted by Gasteiger charge is 2.33. The molecule has 2 aliphatic carbocycles. The van der Waals surface area contributed by atoms with Gasteiger partial charge in [-0.3, -0.25) is 9.38 Å². The first-order chi connectivity index (χ1) is 18.1. The Balaban J connectivity index is 1.35. The lowest BCUT2D eigenvalue weighted by atomic mass is 9.81. The number of benzene rings is 1. The average Bonchev–Trinajstić information content (AvgIpc) is 3.68. The molecule has 1 aromatic carbocycles. The van der Waals surface area contributed by atoms with E-state index >= 15 is 0 Å². The van der Waals surface area contributed by atoms with Gasteiger partial charge in [-0.15, -0.1) is 10.2 Å². The maximum Gasteiger partial charge on any atom is 0.188 e. The molecule has 4 heterocycles. The van der Waals surface area contributed by atoms with Gasteiger partial charge in [0.15, 0.2) is 11.5 Å². The normalized spacial score (nSPS) is 19.1. The SMILES string of the molecule is Cn1cnc(-c2nnc3c4cc(-c5ccccc5)c(C5C=CC(C6(N)CCCC6)=CC5)nc4ccn23)c1. The number of allylic oxidation sites excluding steroid dienone is 2. The Morgan fingerprint density at radius 3 is 2.62 bits per heavy atom. The molecule has 0 aliphatic heterocycles. The van der Waals surface area contributed by atoms with Crippen molar-refractivity contribution in [2.75, 3.05) is 0 Å². The molecule has 7 rings (SSSR count). The molecule has 1 unspecified atom stereocenters. The molecule has 0 spiro atoms. The van der Waals surface area contributed by atoms with Gasteiger partial charge in [-0.1, -0.05) is 61.4 Å². The number of rotatable bonds is 4. The highest BCUT2D eigenvalue weighted by atomic mass is 15.3. The van der Waals surface area contributed by atoms with Gasteiger partial charge >= 0.3 is 0 Å². The first kappa shape index (κ1) is 22.1. The van der Waals surface area contributed by atoms with Gasteiger partial charge in [-0.25, -0.2) is 4.98 Å². The second-order valence-corrected chi connectivity index (χ2v) is 10.4. The number of aromatic nitrogens is 6. The van der Waals surface area contributed by atoms with Crippen molar-refractivity contribution in [2.24, 2.45) is 12.8 Å². The van der Waals surface area contributed by atoms with Crippen molar-refractivity contribution < 1.29 is 0 Å². The lowest BCUT2D eigenvalue weighted by molar-refractivity contribution is 0.521. The Morgan fingerprint density at radius 1 is 1.05 bits per heavy atom. The second kappa shape index (κ2) is 8.49. The van der Waals surface area contributed by atoms with E-state index in [9.17, 15) is 0 Å². The van der Waals surface area contributed by atoms with E-state index < -0.39 is 0 Å². The monoisotopic (exact) mass is 487 g/mol. The van der Waals surface area contributed by atoms with Crippen LogP contribution in [0.4, 0.5) is 0 Å². The first-order valence-corrected chi connectivity index (χ1v) is 13.0. The van der Waals surface area contributed by atoms with Crippen LogP contribution in [0.25, 0.3) is 39.2 Å². The third-order valence-electron chi connectivity index (χ3n) is 7.94. The van der Waals surface area contributed by atoms with E-state index in [4.69, 9.17) is 10.7 Å². The zero-order valence-electron chi connectivity index (χ0n) is 20.9. The summed E-state index contributed by atoms with van der Waals surface area (Å²) in [6.45, 7) is 0. The van der Waals surface area contributed by atoms with E-state index in [2.05, 4.69) is 69.8 Å². The number of pyridine rings is 2. The molecular weight excluding hydrogens is 458 g/mol. The Bertz CT molecular complexity index is 1680. The molecule has 184 valence electrons. The molecule has 0 radical (unpaired) electrons. The summed E-state index contributed by atoms with van der Waals surface area (Å²) in [6.07, 6.45) is 18.1. The fraction of sp³-hybridized carbons (Fsp3) is 0.267. The smallest absolute Gasteiger partial charge is 0.188 e. The van der Waals surface area contributed by atoms with Crippen LogP contribution in [0.2, 0.25) is 0 Å². The first-order valence-electron chi connectivity index (χ1n) is 13.0. The van der Waals surface area contributed by atoms with Gasteiger partial charge in [0.05, 0.1) is 17.5 Å². The van der Waals surface area contributed by atoms with Gasteiger partial charge in [-0.2, -0.15) is 0 Å². The molecular formula is C30H29N7. The van der Waals surface area contributed by atoms with Crippen LogP contribution >= 0.6 is 0 Å². The van der Waals surface area contributed by atoms with Gasteiger partial charge in [0.2, 0.25) is 0 Å². The number of nitrogens with two attached hydrogens (primary N) is 1. The Kier molecular flexibility index (Phi) is 5.08. The summed E-state index contributed by atoms with van der Waals surface area (Å²) in [5, 5.41) is 10.0. The lowest BCUT2D eigenvalue weighted by Crippen LogP contribution is -2.38. The van der Waals surface area contributed by atoms with Crippen LogP contribution < -0.4 is 5.73 Å². The van der Waals surface area contributed by atoms with E-state index in [-0.39, 0.29) is 11.5 Å². The van der Waals surface area contributed by atoms with Crippen LogP contribution in [0.3, 0.4) is 0 Å². The second-order valence-electron chi connectivity index (χ2n) is 10.4. The molecule has 0 bridgehead atoms. The number of hydrogen-bond acceptors (Lipinski definition) is 5. The van der Waals surface area contributed by atoms with E-state index in [0.717, 1.165) is 64.2 Å². The minimum Gasteiger partial charge on any atom is -0.340 e. The molecule has 1 saturated carbocycles. The van der Waals surface area contributed by atoms with Crippen LogP contribution in [0, 0.1) is 0 Å². The minimum absolute atomic E-state index is 0.162. The Morgan fingerprint density at radius 2 is 1.89 bits per heavy atom. The zero-order valence-corrected chi connectivity index (χ0v) is 20.9. The fourth-order valence-corrected chi connectivity index (χ4v) is 5.93. The molecule has 2 aliphatic rings. The van der Waals surface area contributed by atoms with Crippen LogP contribution in [0.5, 0.6) is 0 Å². The topological polar surface area (TPSA) is 86.9 Å². The predicted octanol–water partition coefficient (Wildman–Crippen LogP) is 5.59. The van der Waals surface area contributed by atoms with Crippen LogP contribution in [-0.2, 0) is 7.05 Å². The van der Waals surface area contributed by atoms with Crippen molar-refractivity contribution in [1.29, 1.82) is 0 Å². The summed E-state index contributed by atoms with van der Waals surface area (Å²) < 4.78 is 3.91. The third-order valence-corrected chi connectivity index (χ3v) is 7.94. The summed E-state index contributed by atoms with van der Waals surface area (Å²) in [6, 6.07) is 14.8. The number of aryl methyl sites for hydroxylation is 1. The van der Waals surface area contributed by atoms with Gasteiger partial charge in [0, 0.05) is 41.8 Å². The molecule has 5 aromatic rings. The number of fused-ring (bicyclic) bond motifs is 3. The van der Waals surface area contributed by atoms with Crippen LogP contribution in [0.1, 0.15) is 43.7 Å². The summed E-state index contributed by atoms with van der Waals surface area (Å²) in [5.41, 5.74) is 13.7. The lowest BCUT2D eigenvalue weighted by Gasteiger charge is -2.29. The molecule has 37 heavy (non-hydrogen) atoms. The number of hydrogen-bond donors (Lipinski definition) is 1. The number of imidazole rings is 1. The van der Waals surface area contributed by atoms with Gasteiger partial charge < -0.3 is 10.3 Å². The van der Waals surface area contributed by atoms with Crippen molar-refractivity contribution in [2.45, 2.75) is 43.6 Å². The standard InChI is InChI=1S/C30H29N7/c1-36-18-26(32-19-36)29-35-34-28-24-17-23(20-7-3-2-4-8-20)27(33-25(24)13-16-37(28)29)21-9-11-22(12-10-21)30(31)14-5-6-15-30/h2-4,7-9,11-13,16-19,21H,5-6,10,14-15,31H2,1H3. The molecule has 7 heteroatoms. The largest absolute Gasteiger partial charge is 0.340 e. The van der Waals surface area contributed by atoms with Crippen LogP contribution in [0.15, 0.2) is 85.0 Å². The number of nitrogens with zero attached hydrogens (tertiary/aromatic N) is 6. The summed E-state index contributed by atoms with van der Waals surface area (Å²) in [5.74, 6) is 0.907. The van der Waals surface area contributed by atoms with Gasteiger partial charge in [-0.05, 0) is 42.5 Å². The molecule has 4 aromatic heterocycles. The van der Waals surface area contributed by atoms with Crippen molar-refractivity contribution in [1.82, 2.24) is 29.1 Å². The van der Waals surface area contributed by atoms with Crippen molar-refractivity contribution >= 4 is 16.6 Å². The van der Waals surface area contributed by atoms with Crippen molar-refractivity contribution in [3.8, 4) is 22.6 Å². The molecule has 1 atom stereocenters. The molecule has 7 nitrogen and oxygen atoms in total. The van der Waals surface area contributed by atoms with E-state index in [1.807, 2.05) is 34.5 Å². The van der Waals surface area contributed by atoms with Crippen LogP contribution in [-0.4, -0.2) is 34.7 Å².